The van der Waals surface area contributed by atoms with Crippen molar-refractivity contribution in [1.82, 2.24) is 5.32 Å². The molecule has 2 aromatic carbocycles. The molecular weight excluding hydrogens is 238 g/mol. The summed E-state index contributed by atoms with van der Waals surface area (Å²) in [7, 11) is 0. The minimum Gasteiger partial charge on any atom is -0.508 e. The molecule has 100 valence electrons. The fraction of sp³-hybridized carbons (Fsp3) is 0.250. The Kier molecular flexibility index (Phi) is 4.42. The molecule has 0 fully saturated rings. The molecule has 3 heteroatoms. The van der Waals surface area contributed by atoms with E-state index in [4.69, 9.17) is 0 Å². The lowest BCUT2D eigenvalue weighted by molar-refractivity contribution is 0.440. The number of rotatable bonds is 5. The standard InChI is InChI=1S/C16H19NO2/c1-2-15(14-5-3-4-6-16(14)19)17-11-12-7-9-13(18)10-8-12/h3-10,15,17-19H,2,11H2,1H3. The van der Waals surface area contributed by atoms with Gasteiger partial charge in [-0.05, 0) is 30.2 Å². The molecule has 19 heavy (non-hydrogen) atoms. The van der Waals surface area contributed by atoms with Crippen LogP contribution in [0.4, 0.5) is 0 Å². The van der Waals surface area contributed by atoms with Gasteiger partial charge in [0.2, 0.25) is 0 Å². The summed E-state index contributed by atoms with van der Waals surface area (Å²) >= 11 is 0. The summed E-state index contributed by atoms with van der Waals surface area (Å²) in [5.74, 6) is 0.601. The zero-order valence-corrected chi connectivity index (χ0v) is 11.0. The van der Waals surface area contributed by atoms with Crippen LogP contribution in [0.25, 0.3) is 0 Å². The van der Waals surface area contributed by atoms with Crippen LogP contribution in [0.3, 0.4) is 0 Å². The molecule has 3 N–H and O–H groups in total. The molecule has 1 atom stereocenters. The van der Waals surface area contributed by atoms with E-state index in [0.29, 0.717) is 12.3 Å². The van der Waals surface area contributed by atoms with Crippen molar-refractivity contribution in [3.8, 4) is 11.5 Å². The highest BCUT2D eigenvalue weighted by Crippen LogP contribution is 2.26. The number of aromatic hydroxyl groups is 2. The summed E-state index contributed by atoms with van der Waals surface area (Å²) in [4.78, 5) is 0. The van der Waals surface area contributed by atoms with Crippen LogP contribution in [0.2, 0.25) is 0 Å². The number of phenols is 2. The van der Waals surface area contributed by atoms with Gasteiger partial charge >= 0.3 is 0 Å². The van der Waals surface area contributed by atoms with Crippen molar-refractivity contribution in [2.24, 2.45) is 0 Å². The van der Waals surface area contributed by atoms with Gasteiger partial charge in [-0.3, -0.25) is 0 Å². The van der Waals surface area contributed by atoms with E-state index in [1.807, 2.05) is 30.3 Å². The zero-order chi connectivity index (χ0) is 13.7. The first-order chi connectivity index (χ1) is 9.20. The number of para-hydroxylation sites is 1. The Morgan fingerprint density at radius 2 is 1.68 bits per heavy atom. The molecule has 0 radical (unpaired) electrons. The van der Waals surface area contributed by atoms with Gasteiger partial charge in [0.1, 0.15) is 11.5 Å². The summed E-state index contributed by atoms with van der Waals surface area (Å²) in [6.45, 7) is 2.79. The molecule has 2 aromatic rings. The molecule has 2 rings (SSSR count). The Balaban J connectivity index is 2.04. The predicted octanol–water partition coefficient (Wildman–Crippen LogP) is 3.34. The average molecular weight is 257 g/mol. The summed E-state index contributed by atoms with van der Waals surface area (Å²) < 4.78 is 0. The van der Waals surface area contributed by atoms with Crippen LogP contribution in [0.15, 0.2) is 48.5 Å². The van der Waals surface area contributed by atoms with Crippen molar-refractivity contribution in [2.45, 2.75) is 25.9 Å². The van der Waals surface area contributed by atoms with Gasteiger partial charge in [0, 0.05) is 18.2 Å². The van der Waals surface area contributed by atoms with Crippen molar-refractivity contribution in [3.63, 3.8) is 0 Å². The first-order valence-electron chi connectivity index (χ1n) is 6.50. The Morgan fingerprint density at radius 3 is 2.32 bits per heavy atom. The third-order valence-corrected chi connectivity index (χ3v) is 3.21. The molecule has 0 amide bonds. The maximum atomic E-state index is 9.87. The quantitative estimate of drug-likeness (QED) is 0.770. The third kappa shape index (κ3) is 3.48. The van der Waals surface area contributed by atoms with E-state index < -0.39 is 0 Å². The number of hydrogen-bond donors (Lipinski definition) is 3. The molecule has 0 aliphatic heterocycles. The van der Waals surface area contributed by atoms with Gasteiger partial charge in [-0.1, -0.05) is 37.3 Å². The van der Waals surface area contributed by atoms with Crippen molar-refractivity contribution < 1.29 is 10.2 Å². The van der Waals surface area contributed by atoms with Crippen LogP contribution >= 0.6 is 0 Å². The smallest absolute Gasteiger partial charge is 0.120 e. The molecule has 0 saturated carbocycles. The lowest BCUT2D eigenvalue weighted by Gasteiger charge is -2.18. The Hall–Kier alpha value is -2.00. The van der Waals surface area contributed by atoms with Gasteiger partial charge in [-0.2, -0.15) is 0 Å². The maximum absolute atomic E-state index is 9.87. The molecule has 0 spiro atoms. The number of nitrogens with one attached hydrogen (secondary N) is 1. The van der Waals surface area contributed by atoms with E-state index in [-0.39, 0.29) is 11.8 Å². The molecule has 0 aromatic heterocycles. The molecule has 3 nitrogen and oxygen atoms in total. The van der Waals surface area contributed by atoms with Crippen LogP contribution in [0, 0.1) is 0 Å². The number of benzene rings is 2. The molecule has 0 saturated heterocycles. The van der Waals surface area contributed by atoms with E-state index in [1.165, 1.54) is 0 Å². The van der Waals surface area contributed by atoms with Crippen LogP contribution in [0.1, 0.15) is 30.5 Å². The third-order valence-electron chi connectivity index (χ3n) is 3.21. The molecule has 0 heterocycles. The second-order valence-electron chi connectivity index (χ2n) is 4.57. The molecule has 0 aliphatic rings. The SMILES string of the molecule is CCC(NCc1ccc(O)cc1)c1ccccc1O. The van der Waals surface area contributed by atoms with Crippen molar-refractivity contribution in [1.29, 1.82) is 0 Å². The van der Waals surface area contributed by atoms with Gasteiger partial charge in [-0.25, -0.2) is 0 Å². The minimum absolute atomic E-state index is 0.120. The fourth-order valence-electron chi connectivity index (χ4n) is 2.11. The fourth-order valence-corrected chi connectivity index (χ4v) is 2.11. The average Bonchev–Trinajstić information content (AvgIpc) is 2.43. The second kappa shape index (κ2) is 6.25. The van der Waals surface area contributed by atoms with Crippen LogP contribution in [-0.2, 0) is 6.54 Å². The lowest BCUT2D eigenvalue weighted by atomic mass is 10.0. The summed E-state index contributed by atoms with van der Waals surface area (Å²) in [6.07, 6.45) is 0.898. The van der Waals surface area contributed by atoms with Gasteiger partial charge in [-0.15, -0.1) is 0 Å². The van der Waals surface area contributed by atoms with Crippen LogP contribution < -0.4 is 5.32 Å². The highest BCUT2D eigenvalue weighted by Gasteiger charge is 2.12. The molecule has 0 bridgehead atoms. The van der Waals surface area contributed by atoms with Gasteiger partial charge in [0.15, 0.2) is 0 Å². The first-order valence-corrected chi connectivity index (χ1v) is 6.50. The van der Waals surface area contributed by atoms with Gasteiger partial charge < -0.3 is 15.5 Å². The zero-order valence-electron chi connectivity index (χ0n) is 11.0. The lowest BCUT2D eigenvalue weighted by Crippen LogP contribution is -2.20. The summed E-state index contributed by atoms with van der Waals surface area (Å²) in [5, 5.41) is 22.5. The monoisotopic (exact) mass is 257 g/mol. The predicted molar refractivity (Wildman–Crippen MR) is 76.1 cm³/mol. The second-order valence-corrected chi connectivity index (χ2v) is 4.57. The van der Waals surface area contributed by atoms with E-state index in [0.717, 1.165) is 17.5 Å². The first kappa shape index (κ1) is 13.4. The van der Waals surface area contributed by atoms with Gasteiger partial charge in [0.25, 0.3) is 0 Å². The maximum Gasteiger partial charge on any atom is 0.120 e. The largest absolute Gasteiger partial charge is 0.508 e. The topological polar surface area (TPSA) is 52.5 Å². The molecular formula is C16H19NO2. The number of phenolic OH excluding ortho intramolecular Hbond substituents is 2. The van der Waals surface area contributed by atoms with E-state index >= 15 is 0 Å². The van der Waals surface area contributed by atoms with Crippen molar-refractivity contribution >= 4 is 0 Å². The molecule has 0 aliphatic carbocycles. The Bertz CT molecular complexity index is 523. The Morgan fingerprint density at radius 1 is 1.00 bits per heavy atom. The van der Waals surface area contributed by atoms with Crippen molar-refractivity contribution in [2.75, 3.05) is 0 Å². The summed E-state index contributed by atoms with van der Waals surface area (Å²) in [6, 6.07) is 14.7. The molecule has 1 unspecified atom stereocenters. The highest BCUT2D eigenvalue weighted by molar-refractivity contribution is 5.34. The van der Waals surface area contributed by atoms with E-state index in [2.05, 4.69) is 12.2 Å². The summed E-state index contributed by atoms with van der Waals surface area (Å²) in [5.41, 5.74) is 2.02. The van der Waals surface area contributed by atoms with Crippen molar-refractivity contribution in [3.05, 3.63) is 59.7 Å². The normalized spacial score (nSPS) is 12.3. The van der Waals surface area contributed by atoms with E-state index in [9.17, 15) is 10.2 Å². The number of hydrogen-bond acceptors (Lipinski definition) is 3. The highest BCUT2D eigenvalue weighted by atomic mass is 16.3. The van der Waals surface area contributed by atoms with E-state index in [1.54, 1.807) is 18.2 Å². The Labute approximate surface area is 113 Å². The van der Waals surface area contributed by atoms with Crippen LogP contribution in [-0.4, -0.2) is 10.2 Å². The van der Waals surface area contributed by atoms with Crippen LogP contribution in [0.5, 0.6) is 11.5 Å². The minimum atomic E-state index is 0.120. The van der Waals surface area contributed by atoms with Gasteiger partial charge in [0.05, 0.1) is 0 Å².